The maximum absolute atomic E-state index is 15.4. The number of amides is 1. The van der Waals surface area contributed by atoms with Crippen LogP contribution in [-0.2, 0) is 11.3 Å². The van der Waals surface area contributed by atoms with Crippen molar-refractivity contribution < 1.29 is 13.9 Å². The molecule has 0 aliphatic heterocycles. The number of halogens is 1. The van der Waals surface area contributed by atoms with E-state index in [9.17, 15) is 4.79 Å². The number of nitrogens with one attached hydrogen (secondary N) is 1. The van der Waals surface area contributed by atoms with Crippen LogP contribution in [0.1, 0.15) is 64.9 Å². The van der Waals surface area contributed by atoms with E-state index < -0.39 is 24.5 Å². The molecule has 2 aromatic rings. The third kappa shape index (κ3) is 8.13. The first-order chi connectivity index (χ1) is 15.0. The normalized spacial score (nSPS) is 11.4. The van der Waals surface area contributed by atoms with Crippen LogP contribution >= 0.6 is 0 Å². The SMILES string of the molecule is CCC[CH2][Sn]([CH2]CCC)([CH2]CCC)[c]1ccc(NC(=O)OCc2ccccc2)cc1F. The van der Waals surface area contributed by atoms with Gasteiger partial charge in [-0.3, -0.25) is 0 Å². The van der Waals surface area contributed by atoms with E-state index in [0.29, 0.717) is 5.69 Å². The molecule has 31 heavy (non-hydrogen) atoms. The van der Waals surface area contributed by atoms with Gasteiger partial charge in [-0.15, -0.1) is 0 Å². The van der Waals surface area contributed by atoms with Gasteiger partial charge in [-0.25, -0.2) is 0 Å². The number of carbonyl (C=O) groups is 1. The zero-order valence-electron chi connectivity index (χ0n) is 19.4. The summed E-state index contributed by atoms with van der Waals surface area (Å²) >= 11 is -2.84. The second kappa shape index (κ2) is 13.8. The molecule has 0 aliphatic carbocycles. The van der Waals surface area contributed by atoms with E-state index in [4.69, 9.17) is 4.74 Å². The summed E-state index contributed by atoms with van der Waals surface area (Å²) in [5, 5.41) is 2.68. The van der Waals surface area contributed by atoms with Crippen molar-refractivity contribution in [2.24, 2.45) is 0 Å². The van der Waals surface area contributed by atoms with Crippen LogP contribution < -0.4 is 8.90 Å². The van der Waals surface area contributed by atoms with E-state index in [0.717, 1.165) is 28.4 Å². The molecule has 1 N–H and O–H groups in total. The first-order valence-electron chi connectivity index (χ1n) is 11.8. The molecule has 2 aromatic carbocycles. The van der Waals surface area contributed by atoms with E-state index in [1.165, 1.54) is 38.6 Å². The molecule has 0 bridgehead atoms. The van der Waals surface area contributed by atoms with Gasteiger partial charge < -0.3 is 0 Å². The van der Waals surface area contributed by atoms with Crippen molar-refractivity contribution in [1.82, 2.24) is 0 Å². The maximum atomic E-state index is 15.4. The first-order valence-corrected chi connectivity index (χ1v) is 19.3. The Balaban J connectivity index is 2.14. The molecule has 170 valence electrons. The first kappa shape index (κ1) is 25.7. The van der Waals surface area contributed by atoms with Crippen LogP contribution in [-0.4, -0.2) is 24.5 Å². The van der Waals surface area contributed by atoms with Crippen molar-refractivity contribution in [2.75, 3.05) is 5.32 Å². The summed E-state index contributed by atoms with van der Waals surface area (Å²) in [5.74, 6) is -0.139. The Labute approximate surface area is 191 Å². The Morgan fingerprint density at radius 3 is 2.00 bits per heavy atom. The van der Waals surface area contributed by atoms with Gasteiger partial charge in [0.25, 0.3) is 0 Å². The predicted octanol–water partition coefficient (Wildman–Crippen LogP) is 7.63. The van der Waals surface area contributed by atoms with Crippen LogP contribution in [0.3, 0.4) is 0 Å². The number of carbonyl (C=O) groups excluding carboxylic acids is 1. The van der Waals surface area contributed by atoms with Gasteiger partial charge in [0.15, 0.2) is 0 Å². The molecule has 0 radical (unpaired) electrons. The molecular weight excluding hydrogens is 496 g/mol. The van der Waals surface area contributed by atoms with Crippen LogP contribution in [0.4, 0.5) is 14.9 Å². The van der Waals surface area contributed by atoms with Crippen molar-refractivity contribution in [3.63, 3.8) is 0 Å². The summed E-state index contributed by atoms with van der Waals surface area (Å²) in [6.07, 6.45) is 6.48. The molecule has 0 unspecified atom stereocenters. The molecule has 0 atom stereocenters. The quantitative estimate of drug-likeness (QED) is 0.269. The average molecular weight is 534 g/mol. The van der Waals surface area contributed by atoms with Gasteiger partial charge >= 0.3 is 192 Å². The molecular formula is C26H38FNO2Sn. The summed E-state index contributed by atoms with van der Waals surface area (Å²) in [6, 6.07) is 14.8. The number of hydrogen-bond donors (Lipinski definition) is 1. The Morgan fingerprint density at radius 1 is 0.903 bits per heavy atom. The molecule has 3 nitrogen and oxygen atoms in total. The Morgan fingerprint density at radius 2 is 1.48 bits per heavy atom. The number of benzene rings is 2. The fourth-order valence-corrected chi connectivity index (χ4v) is 20.4. The van der Waals surface area contributed by atoms with E-state index in [1.54, 1.807) is 0 Å². The third-order valence-electron chi connectivity index (χ3n) is 6.03. The van der Waals surface area contributed by atoms with Crippen molar-refractivity contribution in [3.05, 3.63) is 59.9 Å². The fraction of sp³-hybridized carbons (Fsp3) is 0.500. The molecule has 0 saturated heterocycles. The van der Waals surface area contributed by atoms with Crippen molar-refractivity contribution in [1.29, 1.82) is 0 Å². The second-order valence-electron chi connectivity index (χ2n) is 8.47. The minimum absolute atomic E-state index is 0.139. The van der Waals surface area contributed by atoms with Gasteiger partial charge in [0.05, 0.1) is 0 Å². The van der Waals surface area contributed by atoms with Crippen LogP contribution in [0.5, 0.6) is 0 Å². The summed E-state index contributed by atoms with van der Waals surface area (Å²) in [7, 11) is 0. The van der Waals surface area contributed by atoms with Crippen LogP contribution in [0, 0.1) is 5.82 Å². The fourth-order valence-electron chi connectivity index (χ4n) is 4.22. The van der Waals surface area contributed by atoms with Gasteiger partial charge in [0.1, 0.15) is 0 Å². The number of rotatable bonds is 13. The molecule has 5 heteroatoms. The number of anilines is 1. The van der Waals surface area contributed by atoms with Gasteiger partial charge in [-0.05, 0) is 0 Å². The van der Waals surface area contributed by atoms with Crippen molar-refractivity contribution >= 4 is 33.7 Å². The predicted molar refractivity (Wildman–Crippen MR) is 131 cm³/mol. The standard InChI is InChI=1S/C14H11FNO2.3C4H9.Sn/c15-12-7-4-8-13(9-12)16-14(17)18-10-11-5-2-1-3-6-11;3*1-3-4-2;/h1-6,8-9H,10H2,(H,16,17);3*1,3-4H2,2H3;. The Hall–Kier alpha value is -1.56. The van der Waals surface area contributed by atoms with E-state index in [1.807, 2.05) is 42.5 Å². The van der Waals surface area contributed by atoms with Crippen molar-refractivity contribution in [3.8, 4) is 0 Å². The Bertz CT molecular complexity index is 775. The molecule has 0 spiro atoms. The van der Waals surface area contributed by atoms with Gasteiger partial charge in [-0.2, -0.15) is 0 Å². The van der Waals surface area contributed by atoms with E-state index in [2.05, 4.69) is 26.1 Å². The monoisotopic (exact) mass is 535 g/mol. The van der Waals surface area contributed by atoms with Crippen LogP contribution in [0.15, 0.2) is 48.5 Å². The van der Waals surface area contributed by atoms with Gasteiger partial charge in [-0.1, -0.05) is 0 Å². The molecule has 1 amide bonds. The summed E-state index contributed by atoms with van der Waals surface area (Å²) in [4.78, 5) is 12.2. The van der Waals surface area contributed by atoms with Crippen LogP contribution in [0.2, 0.25) is 13.3 Å². The van der Waals surface area contributed by atoms with E-state index >= 15 is 4.39 Å². The summed E-state index contributed by atoms with van der Waals surface area (Å²) in [6.45, 7) is 6.86. The van der Waals surface area contributed by atoms with Gasteiger partial charge in [0, 0.05) is 0 Å². The van der Waals surface area contributed by atoms with Gasteiger partial charge in [0.2, 0.25) is 0 Å². The summed E-state index contributed by atoms with van der Waals surface area (Å²) < 4.78 is 25.3. The molecule has 2 rings (SSSR count). The minimum atomic E-state index is -2.84. The summed E-state index contributed by atoms with van der Waals surface area (Å²) in [5.41, 5.74) is 1.38. The number of hydrogen-bond acceptors (Lipinski definition) is 2. The number of unbranched alkanes of at least 4 members (excludes halogenated alkanes) is 3. The second-order valence-corrected chi connectivity index (χ2v) is 21.6. The average Bonchev–Trinajstić information content (AvgIpc) is 2.78. The van der Waals surface area contributed by atoms with E-state index in [-0.39, 0.29) is 12.4 Å². The molecule has 0 aromatic heterocycles. The topological polar surface area (TPSA) is 38.3 Å². The molecule has 0 heterocycles. The van der Waals surface area contributed by atoms with Crippen LogP contribution in [0.25, 0.3) is 0 Å². The molecule has 0 saturated carbocycles. The molecule has 0 aliphatic rings. The zero-order valence-corrected chi connectivity index (χ0v) is 22.2. The van der Waals surface area contributed by atoms with Crippen molar-refractivity contribution in [2.45, 2.75) is 79.2 Å². The third-order valence-corrected chi connectivity index (χ3v) is 21.7. The number of ether oxygens (including phenoxy) is 1. The zero-order chi connectivity index (χ0) is 22.5. The molecule has 0 fully saturated rings. The Kier molecular flexibility index (Phi) is 11.4.